The van der Waals surface area contributed by atoms with Crippen LogP contribution >= 0.6 is 0 Å². The minimum atomic E-state index is -0.561. The molecule has 2 saturated heterocycles. The van der Waals surface area contributed by atoms with Gasteiger partial charge in [-0.05, 0) is 50.0 Å². The van der Waals surface area contributed by atoms with Gasteiger partial charge in [-0.3, -0.25) is 4.90 Å². The predicted octanol–water partition coefficient (Wildman–Crippen LogP) is 1.81. The summed E-state index contributed by atoms with van der Waals surface area (Å²) in [5, 5.41) is 20.3. The van der Waals surface area contributed by atoms with E-state index in [1.807, 2.05) is 18.2 Å². The highest BCUT2D eigenvalue weighted by Gasteiger charge is 2.37. The Balaban J connectivity index is 1.54. The van der Waals surface area contributed by atoms with E-state index in [2.05, 4.69) is 9.80 Å². The number of hydrogen-bond donors (Lipinski definition) is 2. The molecule has 0 amide bonds. The Morgan fingerprint density at radius 3 is 2.62 bits per heavy atom. The first kappa shape index (κ1) is 14.8. The van der Waals surface area contributed by atoms with E-state index in [1.54, 1.807) is 6.07 Å². The number of aliphatic hydroxyl groups is 1. The van der Waals surface area contributed by atoms with Gasteiger partial charge in [-0.25, -0.2) is 0 Å². The molecule has 1 atom stereocenters. The van der Waals surface area contributed by atoms with E-state index in [0.29, 0.717) is 5.75 Å². The molecule has 0 saturated carbocycles. The third-order valence-corrected chi connectivity index (χ3v) is 4.69. The number of phenols is 1. The van der Waals surface area contributed by atoms with Gasteiger partial charge in [0.15, 0.2) is 0 Å². The Labute approximate surface area is 127 Å². The standard InChI is InChI=1S/C17H26N2O2/c20-16-6-4-5-15(11-16)12-19-10-7-17(21,14-19)13-18-8-2-1-3-9-18/h4-6,11,20-21H,1-3,7-10,12-14H2. The molecular formula is C17H26N2O2. The van der Waals surface area contributed by atoms with Gasteiger partial charge in [0.25, 0.3) is 0 Å². The Bertz CT molecular complexity index is 474. The molecule has 1 unspecified atom stereocenters. The molecule has 4 nitrogen and oxygen atoms in total. The predicted molar refractivity (Wildman–Crippen MR) is 83.2 cm³/mol. The van der Waals surface area contributed by atoms with E-state index in [4.69, 9.17) is 0 Å². The Morgan fingerprint density at radius 2 is 1.86 bits per heavy atom. The fourth-order valence-electron chi connectivity index (χ4n) is 3.65. The Morgan fingerprint density at radius 1 is 1.05 bits per heavy atom. The van der Waals surface area contributed by atoms with Crippen LogP contribution < -0.4 is 0 Å². The second-order valence-electron chi connectivity index (χ2n) is 6.69. The summed E-state index contributed by atoms with van der Waals surface area (Å²) in [6, 6.07) is 7.41. The van der Waals surface area contributed by atoms with Crippen molar-refractivity contribution in [3.63, 3.8) is 0 Å². The molecule has 0 aromatic heterocycles. The van der Waals surface area contributed by atoms with Crippen LogP contribution in [0.3, 0.4) is 0 Å². The maximum atomic E-state index is 10.8. The van der Waals surface area contributed by atoms with E-state index < -0.39 is 5.60 Å². The molecule has 2 aliphatic rings. The first-order chi connectivity index (χ1) is 10.1. The topological polar surface area (TPSA) is 46.9 Å². The molecule has 1 aromatic rings. The van der Waals surface area contributed by atoms with Crippen molar-refractivity contribution in [2.45, 2.75) is 37.8 Å². The lowest BCUT2D eigenvalue weighted by molar-refractivity contribution is 0.00635. The van der Waals surface area contributed by atoms with Crippen molar-refractivity contribution < 1.29 is 10.2 Å². The van der Waals surface area contributed by atoms with E-state index >= 15 is 0 Å². The van der Waals surface area contributed by atoms with Gasteiger partial charge in [0.05, 0.1) is 5.60 Å². The molecule has 116 valence electrons. The highest BCUT2D eigenvalue weighted by molar-refractivity contribution is 5.27. The Kier molecular flexibility index (Phi) is 4.48. The number of likely N-dealkylation sites (tertiary alicyclic amines) is 2. The fraction of sp³-hybridized carbons (Fsp3) is 0.647. The van der Waals surface area contributed by atoms with Crippen LogP contribution in [0.1, 0.15) is 31.2 Å². The first-order valence-electron chi connectivity index (χ1n) is 8.08. The number of hydrogen-bond acceptors (Lipinski definition) is 4. The molecule has 2 aliphatic heterocycles. The van der Waals surface area contributed by atoms with E-state index in [9.17, 15) is 10.2 Å². The van der Waals surface area contributed by atoms with Crippen LogP contribution in [-0.2, 0) is 6.54 Å². The summed E-state index contributed by atoms with van der Waals surface area (Å²) in [5.41, 5.74) is 0.547. The zero-order valence-corrected chi connectivity index (χ0v) is 12.7. The van der Waals surface area contributed by atoms with Crippen LogP contribution in [0, 0.1) is 0 Å². The van der Waals surface area contributed by atoms with Gasteiger partial charge < -0.3 is 15.1 Å². The highest BCUT2D eigenvalue weighted by atomic mass is 16.3. The van der Waals surface area contributed by atoms with Gasteiger partial charge in [-0.15, -0.1) is 0 Å². The molecule has 2 N–H and O–H groups in total. The highest BCUT2D eigenvalue weighted by Crippen LogP contribution is 2.26. The van der Waals surface area contributed by atoms with Gasteiger partial charge in [0, 0.05) is 26.2 Å². The maximum Gasteiger partial charge on any atom is 0.115 e. The summed E-state index contributed by atoms with van der Waals surface area (Å²) in [6.07, 6.45) is 4.72. The molecular weight excluding hydrogens is 264 g/mol. The van der Waals surface area contributed by atoms with Gasteiger partial charge in [-0.1, -0.05) is 18.6 Å². The molecule has 2 heterocycles. The summed E-state index contributed by atoms with van der Waals surface area (Å²) >= 11 is 0. The first-order valence-corrected chi connectivity index (χ1v) is 8.08. The number of phenolic OH excluding ortho intramolecular Hbond substituents is 1. The van der Waals surface area contributed by atoms with Crippen LogP contribution in [-0.4, -0.2) is 58.3 Å². The molecule has 0 aliphatic carbocycles. The molecule has 21 heavy (non-hydrogen) atoms. The number of β-amino-alcohol motifs (C(OH)–C–C–N with tert-alkyl or cyclic N) is 1. The third kappa shape index (κ3) is 3.96. The second-order valence-corrected chi connectivity index (χ2v) is 6.69. The number of rotatable bonds is 4. The van der Waals surface area contributed by atoms with Gasteiger partial charge in [0.1, 0.15) is 5.75 Å². The van der Waals surface area contributed by atoms with Crippen molar-refractivity contribution >= 4 is 0 Å². The summed E-state index contributed by atoms with van der Waals surface area (Å²) in [6.45, 7) is 5.54. The minimum Gasteiger partial charge on any atom is -0.508 e. The monoisotopic (exact) mass is 290 g/mol. The van der Waals surface area contributed by atoms with Crippen LogP contribution in [0.15, 0.2) is 24.3 Å². The molecule has 1 aromatic carbocycles. The molecule has 2 fully saturated rings. The van der Waals surface area contributed by atoms with Crippen molar-refractivity contribution in [2.75, 3.05) is 32.7 Å². The number of aromatic hydroxyl groups is 1. The fourth-order valence-corrected chi connectivity index (χ4v) is 3.65. The zero-order chi connectivity index (χ0) is 14.7. The Hall–Kier alpha value is -1.10. The number of nitrogens with zero attached hydrogens (tertiary/aromatic N) is 2. The smallest absolute Gasteiger partial charge is 0.115 e. The van der Waals surface area contributed by atoms with E-state index in [0.717, 1.165) is 51.3 Å². The van der Waals surface area contributed by atoms with Gasteiger partial charge in [0.2, 0.25) is 0 Å². The SMILES string of the molecule is Oc1cccc(CN2CCC(O)(CN3CCCCC3)C2)c1. The number of benzene rings is 1. The summed E-state index contributed by atoms with van der Waals surface area (Å²) in [5.74, 6) is 0.315. The van der Waals surface area contributed by atoms with Crippen molar-refractivity contribution in [1.82, 2.24) is 9.80 Å². The molecule has 3 rings (SSSR count). The molecule has 4 heteroatoms. The van der Waals surface area contributed by atoms with E-state index in [-0.39, 0.29) is 0 Å². The summed E-state index contributed by atoms with van der Waals surface area (Å²) < 4.78 is 0. The molecule has 0 spiro atoms. The van der Waals surface area contributed by atoms with Gasteiger partial charge in [-0.2, -0.15) is 0 Å². The van der Waals surface area contributed by atoms with Crippen molar-refractivity contribution in [1.29, 1.82) is 0 Å². The third-order valence-electron chi connectivity index (χ3n) is 4.69. The van der Waals surface area contributed by atoms with Crippen LogP contribution in [0.25, 0.3) is 0 Å². The lowest BCUT2D eigenvalue weighted by Gasteiger charge is -2.33. The van der Waals surface area contributed by atoms with Crippen LogP contribution in [0.5, 0.6) is 5.75 Å². The summed E-state index contributed by atoms with van der Waals surface area (Å²) in [7, 11) is 0. The van der Waals surface area contributed by atoms with Gasteiger partial charge >= 0.3 is 0 Å². The quantitative estimate of drug-likeness (QED) is 0.888. The van der Waals surface area contributed by atoms with Crippen molar-refractivity contribution in [3.05, 3.63) is 29.8 Å². The lowest BCUT2D eigenvalue weighted by atomic mass is 10.0. The van der Waals surface area contributed by atoms with Crippen molar-refractivity contribution in [2.24, 2.45) is 0 Å². The second kappa shape index (κ2) is 6.34. The molecule has 0 radical (unpaired) electrons. The zero-order valence-electron chi connectivity index (χ0n) is 12.7. The normalized spacial score (nSPS) is 28.0. The average molecular weight is 290 g/mol. The minimum absolute atomic E-state index is 0.315. The van der Waals surface area contributed by atoms with E-state index in [1.165, 1.54) is 19.3 Å². The van der Waals surface area contributed by atoms with Crippen LogP contribution in [0.4, 0.5) is 0 Å². The summed E-state index contributed by atoms with van der Waals surface area (Å²) in [4.78, 5) is 4.71. The average Bonchev–Trinajstić information content (AvgIpc) is 2.81. The largest absolute Gasteiger partial charge is 0.508 e. The van der Waals surface area contributed by atoms with Crippen LogP contribution in [0.2, 0.25) is 0 Å². The molecule has 0 bridgehead atoms. The lowest BCUT2D eigenvalue weighted by Crippen LogP contribution is -2.46. The number of piperidine rings is 1. The maximum absolute atomic E-state index is 10.8. The van der Waals surface area contributed by atoms with Crippen molar-refractivity contribution in [3.8, 4) is 5.75 Å².